The van der Waals surface area contributed by atoms with Gasteiger partial charge in [-0.1, -0.05) is 12.1 Å². The smallest absolute Gasteiger partial charge is 0.326 e. The molecule has 0 amide bonds. The lowest BCUT2D eigenvalue weighted by Crippen LogP contribution is -2.07. The molecule has 1 aromatic rings. The largest absolute Gasteiger partial charge is 0.495 e. The van der Waals surface area contributed by atoms with E-state index in [0.29, 0.717) is 0 Å². The van der Waals surface area contributed by atoms with Gasteiger partial charge in [0.05, 0.1) is 14.2 Å². The molecule has 0 heterocycles. The zero-order valence-electron chi connectivity index (χ0n) is 7.76. The van der Waals surface area contributed by atoms with Gasteiger partial charge in [-0.2, -0.15) is 8.42 Å². The average Bonchev–Trinajstić information content (AvgIpc) is 2.18. The number of benzene rings is 1. The van der Waals surface area contributed by atoms with Crippen molar-refractivity contribution in [2.75, 3.05) is 14.2 Å². The molecule has 0 fully saturated rings. The summed E-state index contributed by atoms with van der Waals surface area (Å²) in [4.78, 5) is 4.05. The molecular formula is C8H10O5S. The zero-order valence-corrected chi connectivity index (χ0v) is 8.58. The van der Waals surface area contributed by atoms with Crippen molar-refractivity contribution < 1.29 is 22.4 Å². The van der Waals surface area contributed by atoms with Crippen molar-refractivity contribution in [2.24, 2.45) is 0 Å². The van der Waals surface area contributed by atoms with Crippen LogP contribution in [-0.2, 0) is 19.3 Å². The van der Waals surface area contributed by atoms with E-state index in [2.05, 4.69) is 9.22 Å². The summed E-state index contributed by atoms with van der Waals surface area (Å²) in [5, 5.41) is 0. The molecule has 78 valence electrons. The van der Waals surface area contributed by atoms with E-state index in [1.54, 1.807) is 12.1 Å². The first kappa shape index (κ1) is 11.0. The molecule has 0 saturated heterocycles. The van der Waals surface area contributed by atoms with Crippen LogP contribution in [0, 0.1) is 0 Å². The van der Waals surface area contributed by atoms with Gasteiger partial charge in [-0.15, -0.1) is 4.33 Å². The van der Waals surface area contributed by atoms with Crippen LogP contribution in [0.5, 0.6) is 5.75 Å². The van der Waals surface area contributed by atoms with Crippen molar-refractivity contribution in [3.63, 3.8) is 0 Å². The molecule has 0 aliphatic heterocycles. The molecular weight excluding hydrogens is 208 g/mol. The SMILES string of the molecule is COOS(=O)(=O)c1ccccc1OC. The summed E-state index contributed by atoms with van der Waals surface area (Å²) in [5.41, 5.74) is 0. The highest BCUT2D eigenvalue weighted by molar-refractivity contribution is 7.86. The van der Waals surface area contributed by atoms with Crippen LogP contribution in [0.25, 0.3) is 0 Å². The maximum absolute atomic E-state index is 11.4. The lowest BCUT2D eigenvalue weighted by Gasteiger charge is -2.06. The predicted molar refractivity (Wildman–Crippen MR) is 48.3 cm³/mol. The minimum Gasteiger partial charge on any atom is -0.495 e. The Morgan fingerprint density at radius 2 is 1.79 bits per heavy atom. The van der Waals surface area contributed by atoms with Crippen LogP contribution < -0.4 is 4.74 Å². The Balaban J connectivity index is 3.18. The van der Waals surface area contributed by atoms with E-state index in [1.807, 2.05) is 0 Å². The predicted octanol–water partition coefficient (Wildman–Crippen LogP) is 0.962. The number of methoxy groups -OCH3 is 1. The standard InChI is InChI=1S/C8H10O5S/c1-11-7-5-3-4-6-8(7)14(9,10)13-12-2/h3-6H,1-2H3. The third kappa shape index (κ3) is 2.22. The second-order valence-electron chi connectivity index (χ2n) is 2.34. The third-order valence-electron chi connectivity index (χ3n) is 1.50. The first-order chi connectivity index (χ1) is 6.61. The van der Waals surface area contributed by atoms with Gasteiger partial charge in [0.25, 0.3) is 0 Å². The summed E-state index contributed by atoms with van der Waals surface area (Å²) in [5.74, 6) is 0.213. The highest BCUT2D eigenvalue weighted by atomic mass is 32.2. The van der Waals surface area contributed by atoms with Gasteiger partial charge in [-0.3, -0.25) is 0 Å². The van der Waals surface area contributed by atoms with Crippen LogP contribution >= 0.6 is 0 Å². The van der Waals surface area contributed by atoms with Crippen LogP contribution in [0.15, 0.2) is 29.2 Å². The summed E-state index contributed by atoms with van der Waals surface area (Å²) in [6, 6.07) is 6.11. The van der Waals surface area contributed by atoms with Crippen molar-refractivity contribution >= 4 is 10.1 Å². The Morgan fingerprint density at radius 3 is 2.36 bits per heavy atom. The van der Waals surface area contributed by atoms with Crippen molar-refractivity contribution in [2.45, 2.75) is 4.90 Å². The number of hydrogen-bond acceptors (Lipinski definition) is 5. The molecule has 0 radical (unpaired) electrons. The van der Waals surface area contributed by atoms with Gasteiger partial charge >= 0.3 is 10.1 Å². The van der Waals surface area contributed by atoms with Crippen LogP contribution in [0.4, 0.5) is 0 Å². The molecule has 0 aromatic heterocycles. The lowest BCUT2D eigenvalue weighted by molar-refractivity contribution is -0.172. The van der Waals surface area contributed by atoms with Crippen LogP contribution in [0.3, 0.4) is 0 Å². The summed E-state index contributed by atoms with van der Waals surface area (Å²) in [6.45, 7) is 0. The van der Waals surface area contributed by atoms with E-state index in [9.17, 15) is 8.42 Å². The van der Waals surface area contributed by atoms with E-state index < -0.39 is 10.1 Å². The van der Waals surface area contributed by atoms with Crippen molar-refractivity contribution in [1.29, 1.82) is 0 Å². The van der Waals surface area contributed by atoms with Crippen molar-refractivity contribution in [3.05, 3.63) is 24.3 Å². The van der Waals surface area contributed by atoms with Crippen LogP contribution in [0.1, 0.15) is 0 Å². The van der Waals surface area contributed by atoms with Gasteiger partial charge in [0.1, 0.15) is 10.6 Å². The minimum atomic E-state index is -3.90. The number of hydrogen-bond donors (Lipinski definition) is 0. The minimum absolute atomic E-state index is 0.0654. The van der Waals surface area contributed by atoms with Gasteiger partial charge in [0, 0.05) is 0 Å². The Bertz CT molecular complexity index is 398. The van der Waals surface area contributed by atoms with Gasteiger partial charge in [-0.25, -0.2) is 4.89 Å². The molecule has 0 unspecified atom stereocenters. The molecule has 0 aliphatic rings. The average molecular weight is 218 g/mol. The highest BCUT2D eigenvalue weighted by Crippen LogP contribution is 2.24. The molecule has 14 heavy (non-hydrogen) atoms. The van der Waals surface area contributed by atoms with E-state index in [-0.39, 0.29) is 10.6 Å². The van der Waals surface area contributed by atoms with Crippen molar-refractivity contribution in [1.82, 2.24) is 0 Å². The molecule has 1 aromatic carbocycles. The Hall–Kier alpha value is -1.11. The fourth-order valence-electron chi connectivity index (χ4n) is 0.952. The maximum Gasteiger partial charge on any atom is 0.326 e. The molecule has 0 aliphatic carbocycles. The quantitative estimate of drug-likeness (QED) is 0.556. The molecule has 5 nitrogen and oxygen atoms in total. The third-order valence-corrected chi connectivity index (χ3v) is 2.69. The van der Waals surface area contributed by atoms with E-state index in [0.717, 1.165) is 7.11 Å². The molecule has 0 N–H and O–H groups in total. The summed E-state index contributed by atoms with van der Waals surface area (Å²) in [7, 11) is -1.41. The summed E-state index contributed by atoms with van der Waals surface area (Å²) >= 11 is 0. The first-order valence-corrected chi connectivity index (χ1v) is 5.13. The number of rotatable bonds is 4. The Kier molecular flexibility index (Phi) is 3.45. The second-order valence-corrected chi connectivity index (χ2v) is 3.82. The Labute approximate surface area is 82.3 Å². The summed E-state index contributed by atoms with van der Waals surface area (Å²) in [6.07, 6.45) is 0. The molecule has 0 atom stereocenters. The maximum atomic E-state index is 11.4. The van der Waals surface area contributed by atoms with E-state index in [1.165, 1.54) is 19.2 Å². The fraction of sp³-hybridized carbons (Fsp3) is 0.250. The molecule has 6 heteroatoms. The molecule has 0 spiro atoms. The topological polar surface area (TPSA) is 61.8 Å². The highest BCUT2D eigenvalue weighted by Gasteiger charge is 2.20. The molecule has 0 bridgehead atoms. The second kappa shape index (κ2) is 4.41. The van der Waals surface area contributed by atoms with E-state index in [4.69, 9.17) is 4.74 Å². The monoisotopic (exact) mass is 218 g/mol. The first-order valence-electron chi connectivity index (χ1n) is 3.72. The van der Waals surface area contributed by atoms with Gasteiger partial charge < -0.3 is 4.74 Å². The lowest BCUT2D eigenvalue weighted by atomic mass is 10.3. The van der Waals surface area contributed by atoms with Crippen LogP contribution in [-0.4, -0.2) is 22.6 Å². The van der Waals surface area contributed by atoms with Crippen molar-refractivity contribution in [3.8, 4) is 5.75 Å². The van der Waals surface area contributed by atoms with E-state index >= 15 is 0 Å². The molecule has 0 saturated carbocycles. The molecule has 1 rings (SSSR count). The summed E-state index contributed by atoms with van der Waals surface area (Å²) < 4.78 is 31.8. The fourth-order valence-corrected chi connectivity index (χ4v) is 1.85. The van der Waals surface area contributed by atoms with Gasteiger partial charge in [0.15, 0.2) is 0 Å². The number of ether oxygens (including phenoxy) is 1. The Morgan fingerprint density at radius 1 is 1.14 bits per heavy atom. The number of para-hydroxylation sites is 1. The van der Waals surface area contributed by atoms with Gasteiger partial charge in [0.2, 0.25) is 0 Å². The normalized spacial score (nSPS) is 11.3. The van der Waals surface area contributed by atoms with Crippen LogP contribution in [0.2, 0.25) is 0 Å². The zero-order chi connectivity index (χ0) is 10.6. The van der Waals surface area contributed by atoms with Gasteiger partial charge in [-0.05, 0) is 12.1 Å².